The lowest BCUT2D eigenvalue weighted by atomic mass is 9.78. The first-order valence-corrected chi connectivity index (χ1v) is 23.8. The number of fused-ring (bicyclic) bond motifs is 2. The molecule has 6 heterocycles. The van der Waals surface area contributed by atoms with Crippen molar-refractivity contribution in [3.05, 3.63) is 64.0 Å². The Kier molecular flexibility index (Phi) is 12.5. The highest BCUT2D eigenvalue weighted by Crippen LogP contribution is 2.37. The fourth-order valence-corrected chi connectivity index (χ4v) is 10.2. The highest BCUT2D eigenvalue weighted by Gasteiger charge is 2.49. The minimum atomic E-state index is -1.22. The molecule has 4 aromatic rings. The van der Waals surface area contributed by atoms with Gasteiger partial charge in [0.15, 0.2) is 11.3 Å². The summed E-state index contributed by atoms with van der Waals surface area (Å²) in [6, 6.07) is 3.92. The van der Waals surface area contributed by atoms with E-state index in [0.29, 0.717) is 87.1 Å². The average molecular weight is 914 g/mol. The molecule has 2 aliphatic heterocycles. The summed E-state index contributed by atoms with van der Waals surface area (Å²) in [4.78, 5) is 68.8. The van der Waals surface area contributed by atoms with Crippen LogP contribution in [0.1, 0.15) is 169 Å². The van der Waals surface area contributed by atoms with Crippen molar-refractivity contribution in [3.8, 4) is 0 Å². The number of aliphatic hydroxyl groups is 2. The van der Waals surface area contributed by atoms with Crippen LogP contribution in [0.5, 0.6) is 0 Å². The van der Waals surface area contributed by atoms with Gasteiger partial charge in [-0.1, -0.05) is 45.4 Å². The van der Waals surface area contributed by atoms with Crippen molar-refractivity contribution < 1.29 is 29.4 Å². The van der Waals surface area contributed by atoms with Crippen LogP contribution in [0.25, 0.3) is 16.9 Å². The van der Waals surface area contributed by atoms with Crippen molar-refractivity contribution in [2.24, 2.45) is 0 Å². The predicted molar refractivity (Wildman–Crippen MR) is 247 cm³/mol. The molecule has 0 aromatic carbocycles. The SMILES string of the molecule is CC(C)c1cc(C2=CCCCC2)nn2cc(C(=O)N3CCN(C(=O)C4(O)CCC4)CC3(C)C)nc12.CC(C)c1cc(Cl)nn2cc(C(=O)N3CCN(C(=O)C4(O)CCC4)CC3(C)C)nc12. The van der Waals surface area contributed by atoms with Gasteiger partial charge in [0.05, 0.1) is 29.2 Å². The van der Waals surface area contributed by atoms with E-state index >= 15 is 0 Å². The Morgan fingerprint density at radius 1 is 0.646 bits per heavy atom. The number of halogens is 1. The third-order valence-electron chi connectivity index (χ3n) is 14.2. The second-order valence-electron chi connectivity index (χ2n) is 20.7. The largest absolute Gasteiger partial charge is 0.380 e. The molecule has 350 valence electrons. The van der Waals surface area contributed by atoms with Crippen LogP contribution >= 0.6 is 11.6 Å². The average Bonchev–Trinajstić information content (AvgIpc) is 3.88. The molecule has 0 spiro atoms. The molecule has 65 heavy (non-hydrogen) atoms. The van der Waals surface area contributed by atoms with Gasteiger partial charge in [0.25, 0.3) is 23.6 Å². The molecule has 0 radical (unpaired) electrons. The van der Waals surface area contributed by atoms with Crippen LogP contribution in [0.2, 0.25) is 5.15 Å². The molecule has 2 N–H and O–H groups in total. The standard InChI is InChI=1S/C27H37N5O3.C21H28ClN5O3/c1-18(2)20-15-21(19-9-6-5-7-10-19)29-32-16-22(28-23(20)32)24(33)31-14-13-30(17-26(31,3)4)25(34)27(35)11-8-12-27;1-13(2)14-10-16(22)24-27-11-15(23-17(14)27)18(28)26-9-8-25(12-20(26,3)4)19(29)21(30)6-5-7-21/h9,15-16,18,35H,5-8,10-14,17H2,1-4H3;10-11,13,30H,5-9,12H2,1-4H3. The van der Waals surface area contributed by atoms with Crippen molar-refractivity contribution in [3.63, 3.8) is 0 Å². The monoisotopic (exact) mass is 912 g/mol. The van der Waals surface area contributed by atoms with Crippen molar-refractivity contribution in [2.75, 3.05) is 39.3 Å². The zero-order valence-corrected chi connectivity index (χ0v) is 40.0. The molecule has 2 saturated heterocycles. The number of aromatic nitrogens is 6. The molecule has 17 heteroatoms. The molecular weight excluding hydrogens is 848 g/mol. The number of carbonyl (C=O) groups excluding carboxylic acids is 4. The summed E-state index contributed by atoms with van der Waals surface area (Å²) in [5, 5.41) is 30.4. The smallest absolute Gasteiger partial charge is 0.274 e. The molecule has 16 nitrogen and oxygen atoms in total. The van der Waals surface area contributed by atoms with Gasteiger partial charge in [-0.3, -0.25) is 19.2 Å². The molecule has 5 aliphatic rings. The first-order chi connectivity index (χ1) is 30.6. The van der Waals surface area contributed by atoms with E-state index in [1.807, 2.05) is 46.4 Å². The van der Waals surface area contributed by atoms with E-state index in [1.165, 1.54) is 18.4 Å². The second kappa shape index (κ2) is 17.4. The number of hydrogen-bond acceptors (Lipinski definition) is 10. The highest BCUT2D eigenvalue weighted by molar-refractivity contribution is 6.29. The summed E-state index contributed by atoms with van der Waals surface area (Å²) in [6.45, 7) is 18.5. The minimum Gasteiger partial charge on any atom is -0.380 e. The summed E-state index contributed by atoms with van der Waals surface area (Å²) >= 11 is 6.14. The van der Waals surface area contributed by atoms with Crippen LogP contribution in [-0.4, -0.2) is 144 Å². The molecule has 0 bridgehead atoms. The molecule has 9 rings (SSSR count). The van der Waals surface area contributed by atoms with Crippen LogP contribution in [0.4, 0.5) is 0 Å². The maximum absolute atomic E-state index is 13.7. The van der Waals surface area contributed by atoms with E-state index < -0.39 is 22.3 Å². The Hall–Kier alpha value is -4.93. The number of allylic oxidation sites excluding steroid dienone is 2. The minimum absolute atomic E-state index is 0.150. The van der Waals surface area contributed by atoms with Gasteiger partial charge in [0, 0.05) is 50.4 Å². The van der Waals surface area contributed by atoms with Gasteiger partial charge >= 0.3 is 0 Å². The van der Waals surface area contributed by atoms with Gasteiger partial charge in [0.1, 0.15) is 27.7 Å². The van der Waals surface area contributed by atoms with Gasteiger partial charge in [-0.25, -0.2) is 19.0 Å². The Balaban J connectivity index is 0.000000179. The van der Waals surface area contributed by atoms with Crippen molar-refractivity contribution in [1.29, 1.82) is 0 Å². The number of piperazine rings is 2. The van der Waals surface area contributed by atoms with Gasteiger partial charge in [-0.05, 0) is 121 Å². The third-order valence-corrected chi connectivity index (χ3v) is 14.4. The quantitative estimate of drug-likeness (QED) is 0.214. The van der Waals surface area contributed by atoms with Crippen LogP contribution < -0.4 is 0 Å². The molecule has 2 saturated carbocycles. The van der Waals surface area contributed by atoms with Crippen molar-refractivity contribution in [1.82, 2.24) is 48.8 Å². The molecule has 4 fully saturated rings. The van der Waals surface area contributed by atoms with Gasteiger partial charge < -0.3 is 29.8 Å². The van der Waals surface area contributed by atoms with Crippen LogP contribution in [0.3, 0.4) is 0 Å². The zero-order valence-electron chi connectivity index (χ0n) is 39.2. The lowest BCUT2D eigenvalue weighted by molar-refractivity contribution is -0.164. The second-order valence-corrected chi connectivity index (χ2v) is 21.1. The van der Waals surface area contributed by atoms with E-state index in [1.54, 1.807) is 42.2 Å². The fourth-order valence-electron chi connectivity index (χ4n) is 9.98. The summed E-state index contributed by atoms with van der Waals surface area (Å²) in [5.74, 6) is -0.346. The maximum atomic E-state index is 13.7. The zero-order chi connectivity index (χ0) is 46.8. The number of nitrogens with zero attached hydrogens (tertiary/aromatic N) is 10. The van der Waals surface area contributed by atoms with Gasteiger partial charge in [-0.15, -0.1) is 0 Å². The Morgan fingerprint density at radius 3 is 1.51 bits per heavy atom. The van der Waals surface area contributed by atoms with E-state index in [2.05, 4.69) is 36.1 Å². The Morgan fingerprint density at radius 2 is 1.11 bits per heavy atom. The fraction of sp³-hybridized carbons (Fsp3) is 0.625. The number of amides is 4. The lowest BCUT2D eigenvalue weighted by Gasteiger charge is -2.49. The summed E-state index contributed by atoms with van der Waals surface area (Å²) in [7, 11) is 0. The first-order valence-electron chi connectivity index (χ1n) is 23.4. The lowest BCUT2D eigenvalue weighted by Crippen LogP contribution is -2.65. The van der Waals surface area contributed by atoms with E-state index in [9.17, 15) is 29.4 Å². The van der Waals surface area contributed by atoms with Gasteiger partial charge in [0.2, 0.25) is 0 Å². The summed E-state index contributed by atoms with van der Waals surface area (Å²) < 4.78 is 3.33. The molecule has 4 amide bonds. The molecular formula is C48H65ClN10O6. The van der Waals surface area contributed by atoms with Crippen LogP contribution in [0.15, 0.2) is 30.6 Å². The van der Waals surface area contributed by atoms with Crippen molar-refractivity contribution >= 4 is 52.1 Å². The number of rotatable bonds is 7. The van der Waals surface area contributed by atoms with E-state index in [0.717, 1.165) is 48.2 Å². The number of carbonyl (C=O) groups is 4. The van der Waals surface area contributed by atoms with Crippen LogP contribution in [-0.2, 0) is 9.59 Å². The number of imidazole rings is 2. The summed E-state index contributed by atoms with van der Waals surface area (Å²) in [5.41, 5.74) is 2.68. The maximum Gasteiger partial charge on any atom is 0.274 e. The number of hydrogen-bond donors (Lipinski definition) is 2. The predicted octanol–water partition coefficient (Wildman–Crippen LogP) is 6.27. The molecule has 3 aliphatic carbocycles. The Labute approximate surface area is 386 Å². The molecule has 4 aromatic heterocycles. The van der Waals surface area contributed by atoms with Gasteiger partial charge in [-0.2, -0.15) is 10.2 Å². The van der Waals surface area contributed by atoms with Crippen LogP contribution in [0, 0.1) is 0 Å². The Bertz CT molecular complexity index is 2550. The van der Waals surface area contributed by atoms with E-state index in [4.69, 9.17) is 21.7 Å². The molecule has 0 unspecified atom stereocenters. The topological polar surface area (TPSA) is 182 Å². The molecule has 0 atom stereocenters. The highest BCUT2D eigenvalue weighted by atomic mass is 35.5. The normalized spacial score (nSPS) is 21.2. The van der Waals surface area contributed by atoms with Crippen molar-refractivity contribution in [2.45, 2.75) is 154 Å². The van der Waals surface area contributed by atoms with E-state index in [-0.39, 0.29) is 35.5 Å². The summed E-state index contributed by atoms with van der Waals surface area (Å²) in [6.07, 6.45) is 14.0. The third kappa shape index (κ3) is 8.89. The first kappa shape index (κ1) is 46.6.